The summed E-state index contributed by atoms with van der Waals surface area (Å²) in [4.78, 5) is 21.7. The Morgan fingerprint density at radius 3 is 2.62 bits per heavy atom. The van der Waals surface area contributed by atoms with Crippen molar-refractivity contribution in [3.05, 3.63) is 11.9 Å². The Morgan fingerprint density at radius 2 is 2.05 bits per heavy atom. The van der Waals surface area contributed by atoms with Gasteiger partial charge in [-0.3, -0.25) is 4.79 Å². The van der Waals surface area contributed by atoms with Crippen molar-refractivity contribution in [1.82, 2.24) is 14.9 Å². The number of aromatic nitrogens is 2. The third kappa shape index (κ3) is 3.53. The third-order valence-corrected chi connectivity index (χ3v) is 3.11. The number of nitrogens with one attached hydrogen (secondary N) is 1. The summed E-state index contributed by atoms with van der Waals surface area (Å²) in [5.74, 6) is -1.16. The Morgan fingerprint density at radius 1 is 1.33 bits per heavy atom. The molecule has 0 saturated carbocycles. The van der Waals surface area contributed by atoms with Crippen LogP contribution in [-0.2, 0) is 11.0 Å². The van der Waals surface area contributed by atoms with Crippen LogP contribution in [0.25, 0.3) is 0 Å². The molecule has 1 aliphatic heterocycles. The maximum absolute atomic E-state index is 12.8. The maximum Gasteiger partial charge on any atom is 0.451 e. The molecular formula is C12H16F3N5O. The topological polar surface area (TPSA) is 61.4 Å². The normalized spacial score (nSPS) is 16.3. The highest BCUT2D eigenvalue weighted by Crippen LogP contribution is 2.29. The lowest BCUT2D eigenvalue weighted by Gasteiger charge is -2.33. The van der Waals surface area contributed by atoms with Gasteiger partial charge in [-0.15, -0.1) is 0 Å². The minimum absolute atomic E-state index is 0.0103. The average Bonchev–Trinajstić information content (AvgIpc) is 2.41. The summed E-state index contributed by atoms with van der Waals surface area (Å²) in [6, 6.07) is 1.43. The molecule has 1 saturated heterocycles. The molecule has 2 rings (SSSR count). The van der Waals surface area contributed by atoms with Gasteiger partial charge in [0, 0.05) is 32.7 Å². The smallest absolute Gasteiger partial charge is 0.370 e. The number of hydrogen-bond donors (Lipinski definition) is 1. The summed E-state index contributed by atoms with van der Waals surface area (Å²) in [5.41, 5.74) is 0. The highest BCUT2D eigenvalue weighted by Gasteiger charge is 2.36. The van der Waals surface area contributed by atoms with E-state index in [4.69, 9.17) is 0 Å². The lowest BCUT2D eigenvalue weighted by atomic mass is 10.3. The van der Waals surface area contributed by atoms with Gasteiger partial charge in [0.1, 0.15) is 11.6 Å². The molecule has 0 bridgehead atoms. The van der Waals surface area contributed by atoms with Gasteiger partial charge in [0.15, 0.2) is 0 Å². The van der Waals surface area contributed by atoms with Crippen LogP contribution in [0.4, 0.5) is 24.8 Å². The van der Waals surface area contributed by atoms with Crippen LogP contribution in [-0.4, -0.2) is 54.0 Å². The number of halogens is 3. The quantitative estimate of drug-likeness (QED) is 0.909. The number of alkyl halides is 3. The molecule has 0 atom stereocenters. The second kappa shape index (κ2) is 5.74. The Kier molecular flexibility index (Phi) is 4.19. The summed E-state index contributed by atoms with van der Waals surface area (Å²) in [6.45, 7) is 3.09. The van der Waals surface area contributed by atoms with Crippen molar-refractivity contribution >= 4 is 17.5 Å². The Labute approximate surface area is 120 Å². The van der Waals surface area contributed by atoms with Crippen LogP contribution in [0.3, 0.4) is 0 Å². The molecule has 116 valence electrons. The van der Waals surface area contributed by atoms with Crippen molar-refractivity contribution < 1.29 is 18.0 Å². The predicted octanol–water partition coefficient (Wildman–Crippen LogP) is 1.21. The summed E-state index contributed by atoms with van der Waals surface area (Å²) < 4.78 is 38.5. The van der Waals surface area contributed by atoms with E-state index in [0.29, 0.717) is 19.6 Å². The molecule has 0 radical (unpaired) electrons. The van der Waals surface area contributed by atoms with Crippen LogP contribution in [0.5, 0.6) is 0 Å². The third-order valence-electron chi connectivity index (χ3n) is 3.11. The van der Waals surface area contributed by atoms with Crippen molar-refractivity contribution in [1.29, 1.82) is 0 Å². The van der Waals surface area contributed by atoms with Crippen molar-refractivity contribution in [3.63, 3.8) is 0 Å². The van der Waals surface area contributed by atoms with E-state index in [0.717, 1.165) is 0 Å². The van der Waals surface area contributed by atoms with E-state index in [1.54, 1.807) is 14.0 Å². The minimum atomic E-state index is -4.63. The molecule has 2 heterocycles. The Balaban J connectivity index is 2.34. The molecular weight excluding hydrogens is 287 g/mol. The van der Waals surface area contributed by atoms with E-state index in [1.165, 1.54) is 15.9 Å². The van der Waals surface area contributed by atoms with Gasteiger partial charge in [0.25, 0.3) is 0 Å². The fourth-order valence-electron chi connectivity index (χ4n) is 1.95. The number of rotatable bonds is 3. The number of likely N-dealkylation sites (N-methyl/N-ethyl adjacent to an activating group) is 1. The lowest BCUT2D eigenvalue weighted by molar-refractivity contribution is -0.144. The number of carbonyl (C=O) groups excluding carboxylic acids is 1. The van der Waals surface area contributed by atoms with Crippen LogP contribution in [0.2, 0.25) is 0 Å². The molecule has 1 fully saturated rings. The number of hydrogen-bond acceptors (Lipinski definition) is 5. The van der Waals surface area contributed by atoms with E-state index < -0.39 is 12.0 Å². The second-order valence-electron chi connectivity index (χ2n) is 4.70. The molecule has 1 aromatic heterocycles. The highest BCUT2D eigenvalue weighted by molar-refractivity contribution is 5.82. The molecule has 0 spiro atoms. The Hall–Kier alpha value is -2.06. The van der Waals surface area contributed by atoms with Crippen molar-refractivity contribution in [2.24, 2.45) is 0 Å². The number of carbonyl (C=O) groups is 1. The molecule has 1 amide bonds. The van der Waals surface area contributed by atoms with Crippen LogP contribution >= 0.6 is 0 Å². The Bertz CT molecular complexity index is 534. The van der Waals surface area contributed by atoms with Gasteiger partial charge >= 0.3 is 6.18 Å². The zero-order chi connectivity index (χ0) is 15.6. The number of anilines is 2. The average molecular weight is 303 g/mol. The monoisotopic (exact) mass is 303 g/mol. The minimum Gasteiger partial charge on any atom is -0.370 e. The van der Waals surface area contributed by atoms with Gasteiger partial charge in [-0.2, -0.15) is 13.2 Å². The van der Waals surface area contributed by atoms with E-state index in [9.17, 15) is 18.0 Å². The van der Waals surface area contributed by atoms with Gasteiger partial charge in [-0.1, -0.05) is 0 Å². The van der Waals surface area contributed by atoms with Gasteiger partial charge in [-0.05, 0) is 6.92 Å². The van der Waals surface area contributed by atoms with Gasteiger partial charge in [-0.25, -0.2) is 9.97 Å². The van der Waals surface area contributed by atoms with E-state index in [1.807, 2.05) is 0 Å². The van der Waals surface area contributed by atoms with Gasteiger partial charge in [0.05, 0.1) is 6.54 Å². The molecule has 6 nitrogen and oxygen atoms in total. The van der Waals surface area contributed by atoms with Crippen LogP contribution in [0, 0.1) is 0 Å². The molecule has 0 aliphatic carbocycles. The molecule has 1 aromatic rings. The fraction of sp³-hybridized carbons (Fsp3) is 0.583. The van der Waals surface area contributed by atoms with Gasteiger partial charge < -0.3 is 15.1 Å². The summed E-state index contributed by atoms with van der Waals surface area (Å²) in [7, 11) is 1.66. The van der Waals surface area contributed by atoms with Crippen molar-refractivity contribution in [2.75, 3.05) is 43.4 Å². The molecule has 0 unspecified atom stereocenters. The zero-order valence-electron chi connectivity index (χ0n) is 11.7. The summed E-state index contributed by atoms with van der Waals surface area (Å²) >= 11 is 0. The molecule has 0 aromatic carbocycles. The first-order valence-electron chi connectivity index (χ1n) is 6.50. The summed E-state index contributed by atoms with van der Waals surface area (Å²) in [6.07, 6.45) is -4.63. The lowest BCUT2D eigenvalue weighted by Crippen LogP contribution is -2.49. The first-order chi connectivity index (χ1) is 9.81. The van der Waals surface area contributed by atoms with Crippen LogP contribution in [0.1, 0.15) is 12.7 Å². The van der Waals surface area contributed by atoms with E-state index in [2.05, 4.69) is 15.3 Å². The van der Waals surface area contributed by atoms with Gasteiger partial charge in [0.2, 0.25) is 11.7 Å². The van der Waals surface area contributed by atoms with E-state index in [-0.39, 0.29) is 24.1 Å². The second-order valence-corrected chi connectivity index (χ2v) is 4.70. The van der Waals surface area contributed by atoms with Crippen molar-refractivity contribution in [2.45, 2.75) is 13.1 Å². The zero-order valence-corrected chi connectivity index (χ0v) is 11.7. The molecule has 1 aliphatic rings. The van der Waals surface area contributed by atoms with E-state index >= 15 is 0 Å². The van der Waals surface area contributed by atoms with Crippen LogP contribution in [0.15, 0.2) is 6.07 Å². The standard InChI is InChI=1S/C12H16F3N5O/c1-3-16-8-6-9(18-11(17-8)12(13,14)15)20-5-4-19(2)10(21)7-20/h6H,3-5,7H2,1-2H3,(H,16,17,18). The van der Waals surface area contributed by atoms with Crippen LogP contribution < -0.4 is 10.2 Å². The first-order valence-corrected chi connectivity index (χ1v) is 6.50. The molecule has 9 heteroatoms. The number of piperazine rings is 1. The fourth-order valence-corrected chi connectivity index (χ4v) is 1.95. The first kappa shape index (κ1) is 15.3. The SMILES string of the molecule is CCNc1cc(N2CCN(C)C(=O)C2)nc(C(F)(F)F)n1. The molecule has 1 N–H and O–H groups in total. The predicted molar refractivity (Wildman–Crippen MR) is 71.0 cm³/mol. The highest BCUT2D eigenvalue weighted by atomic mass is 19.4. The summed E-state index contributed by atoms with van der Waals surface area (Å²) in [5, 5.41) is 2.75. The number of nitrogens with zero attached hydrogens (tertiary/aromatic N) is 4. The maximum atomic E-state index is 12.8. The number of amides is 1. The molecule has 21 heavy (non-hydrogen) atoms. The largest absolute Gasteiger partial charge is 0.451 e. The van der Waals surface area contributed by atoms with Crippen molar-refractivity contribution in [3.8, 4) is 0 Å².